The molecule has 1 aliphatic carbocycles. The second kappa shape index (κ2) is 4.64. The summed E-state index contributed by atoms with van der Waals surface area (Å²) in [6, 6.07) is 8.13. The van der Waals surface area contributed by atoms with Crippen molar-refractivity contribution in [1.82, 2.24) is 9.97 Å². The van der Waals surface area contributed by atoms with Crippen LogP contribution in [0.4, 0.5) is 0 Å². The molecule has 1 aromatic carbocycles. The van der Waals surface area contributed by atoms with Crippen molar-refractivity contribution in [2.24, 2.45) is 0 Å². The minimum absolute atomic E-state index is 0.250. The van der Waals surface area contributed by atoms with Crippen molar-refractivity contribution >= 4 is 17.1 Å². The van der Waals surface area contributed by atoms with Gasteiger partial charge in [0.2, 0.25) is 0 Å². The van der Waals surface area contributed by atoms with Crippen LogP contribution in [-0.2, 0) is 9.59 Å². The molecule has 0 amide bonds. The van der Waals surface area contributed by atoms with E-state index in [1.807, 2.05) is 30.5 Å². The minimum atomic E-state index is 0.250. The predicted octanol–water partition coefficient (Wildman–Crippen LogP) is 1.92. The van der Waals surface area contributed by atoms with E-state index in [-0.39, 0.29) is 6.15 Å². The van der Waals surface area contributed by atoms with Crippen LogP contribution < -0.4 is 0 Å². The van der Waals surface area contributed by atoms with Crippen molar-refractivity contribution in [1.29, 1.82) is 0 Å². The number of para-hydroxylation sites is 1. The van der Waals surface area contributed by atoms with Gasteiger partial charge < -0.3 is 0 Å². The molecule has 1 heterocycles. The summed E-state index contributed by atoms with van der Waals surface area (Å²) in [5.41, 5.74) is 1.07. The maximum absolute atomic E-state index is 8.12. The predicted molar refractivity (Wildman–Crippen MR) is 56.5 cm³/mol. The molecule has 0 bridgehead atoms. The topological polar surface area (TPSA) is 59.9 Å². The van der Waals surface area contributed by atoms with Crippen LogP contribution in [0.2, 0.25) is 0 Å². The van der Waals surface area contributed by atoms with Crippen molar-refractivity contribution in [3.8, 4) is 0 Å². The summed E-state index contributed by atoms with van der Waals surface area (Å²) in [6.07, 6.45) is 4.70. The molecule has 1 aliphatic rings. The Bertz CT molecular complexity index is 529. The lowest BCUT2D eigenvalue weighted by molar-refractivity contribution is -0.191. The molecule has 0 radical (unpaired) electrons. The molecule has 0 N–H and O–H groups in total. The van der Waals surface area contributed by atoms with Gasteiger partial charge in [0.1, 0.15) is 5.82 Å². The lowest BCUT2D eigenvalue weighted by Gasteiger charge is -1.98. The maximum atomic E-state index is 8.12. The van der Waals surface area contributed by atoms with Gasteiger partial charge >= 0.3 is 6.15 Å². The molecule has 0 spiro atoms. The van der Waals surface area contributed by atoms with Crippen LogP contribution in [0.1, 0.15) is 24.6 Å². The Morgan fingerprint density at radius 2 is 1.88 bits per heavy atom. The smallest absolute Gasteiger partial charge is 0.240 e. The third-order valence-corrected chi connectivity index (χ3v) is 2.45. The lowest BCUT2D eigenvalue weighted by Crippen LogP contribution is -1.91. The van der Waals surface area contributed by atoms with E-state index in [4.69, 9.17) is 9.59 Å². The number of carbonyl (C=O) groups excluding carboxylic acids is 2. The molecule has 1 fully saturated rings. The van der Waals surface area contributed by atoms with E-state index in [1.54, 1.807) is 0 Å². The zero-order chi connectivity index (χ0) is 11.4. The van der Waals surface area contributed by atoms with Crippen LogP contribution in [0.3, 0.4) is 0 Å². The van der Waals surface area contributed by atoms with E-state index in [0.717, 1.165) is 16.7 Å². The molecule has 0 unspecified atom stereocenters. The molecule has 0 saturated heterocycles. The highest BCUT2D eigenvalue weighted by atomic mass is 16.2. The Hall–Kier alpha value is -2.06. The quantitative estimate of drug-likeness (QED) is 0.727. The molecule has 4 nitrogen and oxygen atoms in total. The lowest BCUT2D eigenvalue weighted by atomic mass is 10.2. The number of fused-ring (bicyclic) bond motifs is 1. The first-order valence-electron chi connectivity index (χ1n) is 5.06. The molecule has 1 aromatic heterocycles. The van der Waals surface area contributed by atoms with E-state index in [2.05, 4.69) is 9.97 Å². The first-order valence-corrected chi connectivity index (χ1v) is 5.06. The number of hydrogen-bond acceptors (Lipinski definition) is 4. The number of nitrogens with zero attached hydrogens (tertiary/aromatic N) is 2. The molecule has 80 valence electrons. The van der Waals surface area contributed by atoms with E-state index in [0.29, 0.717) is 5.92 Å². The number of benzene rings is 1. The fraction of sp³-hybridized carbons (Fsp3) is 0.250. The first kappa shape index (κ1) is 10.5. The van der Waals surface area contributed by atoms with Gasteiger partial charge in [-0.3, -0.25) is 0 Å². The Labute approximate surface area is 92.3 Å². The number of rotatable bonds is 1. The van der Waals surface area contributed by atoms with Crippen molar-refractivity contribution in [2.75, 3.05) is 0 Å². The Morgan fingerprint density at radius 1 is 1.19 bits per heavy atom. The van der Waals surface area contributed by atoms with Crippen LogP contribution in [0, 0.1) is 0 Å². The summed E-state index contributed by atoms with van der Waals surface area (Å²) >= 11 is 0. The Kier molecular flexibility index (Phi) is 3.03. The number of hydrogen-bond donors (Lipinski definition) is 0. The largest absolute Gasteiger partial charge is 0.373 e. The van der Waals surface area contributed by atoms with Crippen LogP contribution >= 0.6 is 0 Å². The van der Waals surface area contributed by atoms with Gasteiger partial charge in [-0.05, 0) is 18.9 Å². The Balaban J connectivity index is 0.000000292. The SMILES string of the molecule is O=C=O.c1ccc2nc(C3CC3)ncc2c1. The molecule has 4 heteroatoms. The molecule has 3 rings (SSSR count). The van der Waals surface area contributed by atoms with Crippen LogP contribution in [-0.4, -0.2) is 16.1 Å². The summed E-state index contributed by atoms with van der Waals surface area (Å²) in [7, 11) is 0. The van der Waals surface area contributed by atoms with Gasteiger partial charge in [-0.2, -0.15) is 9.59 Å². The fourth-order valence-corrected chi connectivity index (χ4v) is 1.52. The average Bonchev–Trinajstić information content (AvgIpc) is 3.13. The summed E-state index contributed by atoms with van der Waals surface area (Å²) in [6.45, 7) is 0. The highest BCUT2D eigenvalue weighted by Gasteiger charge is 2.26. The van der Waals surface area contributed by atoms with E-state index >= 15 is 0 Å². The standard InChI is InChI=1S/C11H10N2.CO2/c1-2-4-10-9(3-1)7-12-11(13-10)8-5-6-8;2-1-3/h1-4,7-8H,5-6H2;. The molecule has 0 aliphatic heterocycles. The minimum Gasteiger partial charge on any atom is -0.240 e. The molecule has 0 atom stereocenters. The third-order valence-electron chi connectivity index (χ3n) is 2.45. The van der Waals surface area contributed by atoms with Crippen LogP contribution in [0.15, 0.2) is 30.5 Å². The molecule has 2 aromatic rings. The van der Waals surface area contributed by atoms with Gasteiger partial charge in [0.15, 0.2) is 0 Å². The summed E-state index contributed by atoms with van der Waals surface area (Å²) in [4.78, 5) is 25.1. The van der Waals surface area contributed by atoms with Gasteiger partial charge in [-0.25, -0.2) is 9.97 Å². The molecular formula is C12H10N2O2. The average molecular weight is 214 g/mol. The highest BCUT2D eigenvalue weighted by molar-refractivity contribution is 5.77. The van der Waals surface area contributed by atoms with Crippen molar-refractivity contribution in [3.63, 3.8) is 0 Å². The van der Waals surface area contributed by atoms with E-state index < -0.39 is 0 Å². The van der Waals surface area contributed by atoms with Gasteiger partial charge in [-0.1, -0.05) is 18.2 Å². The summed E-state index contributed by atoms with van der Waals surface area (Å²) in [5, 5.41) is 1.13. The van der Waals surface area contributed by atoms with Crippen LogP contribution in [0.25, 0.3) is 10.9 Å². The monoisotopic (exact) mass is 214 g/mol. The second-order valence-electron chi connectivity index (χ2n) is 3.64. The normalized spacial score (nSPS) is 13.8. The molecular weight excluding hydrogens is 204 g/mol. The Morgan fingerprint density at radius 3 is 2.56 bits per heavy atom. The zero-order valence-corrected chi connectivity index (χ0v) is 8.59. The van der Waals surface area contributed by atoms with E-state index in [1.165, 1.54) is 12.8 Å². The third kappa shape index (κ3) is 2.30. The van der Waals surface area contributed by atoms with Gasteiger partial charge in [-0.15, -0.1) is 0 Å². The maximum Gasteiger partial charge on any atom is 0.373 e. The zero-order valence-electron chi connectivity index (χ0n) is 8.59. The van der Waals surface area contributed by atoms with Gasteiger partial charge in [0.25, 0.3) is 0 Å². The molecule has 1 saturated carbocycles. The van der Waals surface area contributed by atoms with Crippen LogP contribution in [0.5, 0.6) is 0 Å². The van der Waals surface area contributed by atoms with Crippen molar-refractivity contribution in [2.45, 2.75) is 18.8 Å². The van der Waals surface area contributed by atoms with Crippen molar-refractivity contribution < 1.29 is 9.59 Å². The van der Waals surface area contributed by atoms with Gasteiger partial charge in [0, 0.05) is 17.5 Å². The van der Waals surface area contributed by atoms with E-state index in [9.17, 15) is 0 Å². The summed E-state index contributed by atoms with van der Waals surface area (Å²) in [5.74, 6) is 1.67. The molecule has 16 heavy (non-hydrogen) atoms. The van der Waals surface area contributed by atoms with Gasteiger partial charge in [0.05, 0.1) is 5.52 Å². The number of aromatic nitrogens is 2. The first-order chi connectivity index (χ1) is 7.85. The van der Waals surface area contributed by atoms with Crippen molar-refractivity contribution in [3.05, 3.63) is 36.3 Å². The second-order valence-corrected chi connectivity index (χ2v) is 3.64. The summed E-state index contributed by atoms with van der Waals surface area (Å²) < 4.78 is 0. The fourth-order valence-electron chi connectivity index (χ4n) is 1.52. The highest BCUT2D eigenvalue weighted by Crippen LogP contribution is 2.38.